The summed E-state index contributed by atoms with van der Waals surface area (Å²) in [5.41, 5.74) is -0.0513. The Hall–Kier alpha value is -3.30. The number of amides is 1. The molecule has 0 saturated heterocycles. The Morgan fingerprint density at radius 1 is 1.18 bits per heavy atom. The lowest BCUT2D eigenvalue weighted by molar-refractivity contribution is -0.274. The van der Waals surface area contributed by atoms with Gasteiger partial charge in [0.2, 0.25) is 5.90 Å². The van der Waals surface area contributed by atoms with E-state index < -0.39 is 12.0 Å². The summed E-state index contributed by atoms with van der Waals surface area (Å²) >= 11 is 0. The van der Waals surface area contributed by atoms with Crippen molar-refractivity contribution in [2.75, 3.05) is 7.05 Å². The van der Waals surface area contributed by atoms with Crippen molar-refractivity contribution < 1.29 is 32.3 Å². The smallest absolute Gasteiger partial charge is 0.438 e. The predicted octanol–water partition coefficient (Wildman–Crippen LogP) is 3.37. The van der Waals surface area contributed by atoms with E-state index in [2.05, 4.69) is 20.2 Å². The summed E-state index contributed by atoms with van der Waals surface area (Å²) < 4.78 is 46.2. The first-order chi connectivity index (χ1) is 13.2. The van der Waals surface area contributed by atoms with Gasteiger partial charge in [-0.2, -0.15) is 0 Å². The number of alkyl halides is 3. The molecule has 1 aromatic carbocycles. The normalized spacial score (nSPS) is 18.8. The zero-order valence-electron chi connectivity index (χ0n) is 14.9. The highest BCUT2D eigenvalue weighted by molar-refractivity contribution is 5.92. The molecule has 0 fully saturated rings. The molecule has 7 nitrogen and oxygen atoms in total. The Kier molecular flexibility index (Phi) is 5.12. The van der Waals surface area contributed by atoms with Crippen molar-refractivity contribution in [1.29, 1.82) is 0 Å². The second-order valence-electron chi connectivity index (χ2n) is 6.12. The third-order valence-corrected chi connectivity index (χ3v) is 3.97. The number of benzene rings is 1. The molecule has 1 amide bonds. The van der Waals surface area contributed by atoms with Crippen LogP contribution in [0.4, 0.5) is 13.2 Å². The number of ether oxygens (including phenoxy) is 2. The Morgan fingerprint density at radius 3 is 2.43 bits per heavy atom. The summed E-state index contributed by atoms with van der Waals surface area (Å²) in [4.78, 5) is 20.9. The quantitative estimate of drug-likeness (QED) is 0.859. The highest BCUT2D eigenvalue weighted by atomic mass is 19.4. The summed E-state index contributed by atoms with van der Waals surface area (Å²) in [6, 6.07) is 8.43. The van der Waals surface area contributed by atoms with Crippen LogP contribution in [0.2, 0.25) is 0 Å². The van der Waals surface area contributed by atoms with Crippen LogP contribution in [0.1, 0.15) is 29.4 Å². The van der Waals surface area contributed by atoms with Crippen LogP contribution in [-0.4, -0.2) is 30.2 Å². The number of oxime groups is 1. The van der Waals surface area contributed by atoms with E-state index in [1.54, 1.807) is 13.0 Å². The number of hydrogen-bond donors (Lipinski definition) is 1. The van der Waals surface area contributed by atoms with E-state index in [-0.39, 0.29) is 29.7 Å². The van der Waals surface area contributed by atoms with Gasteiger partial charge in [0.05, 0.1) is 12.6 Å². The van der Waals surface area contributed by atoms with Crippen molar-refractivity contribution in [2.24, 2.45) is 5.16 Å². The summed E-state index contributed by atoms with van der Waals surface area (Å²) in [5.74, 6) is -0.00285. The van der Waals surface area contributed by atoms with E-state index in [1.165, 1.54) is 43.6 Å². The SMILES string of the molecule is CNC(=O)c1ccc(OC2=NO[C@](C)(c3ccc(OC(F)(F)F)cc3)C2)cn1. The molecule has 1 aromatic heterocycles. The maximum atomic E-state index is 12.3. The summed E-state index contributed by atoms with van der Waals surface area (Å²) in [7, 11) is 1.50. The standard InChI is InChI=1S/C18H16F3N3O4/c1-17(11-3-5-12(6-4-11)27-18(19,20)21)9-15(24-28-17)26-13-7-8-14(23-10-13)16(25)22-2/h3-8,10H,9H2,1-2H3,(H,22,25)/t17-/m0/s1. The van der Waals surface area contributed by atoms with Crippen molar-refractivity contribution >= 4 is 11.8 Å². The first kappa shape index (κ1) is 19.5. The Morgan fingerprint density at radius 2 is 1.86 bits per heavy atom. The lowest BCUT2D eigenvalue weighted by atomic mass is 9.93. The molecular weight excluding hydrogens is 379 g/mol. The van der Waals surface area contributed by atoms with Crippen LogP contribution in [-0.2, 0) is 10.4 Å². The fraction of sp³-hybridized carbons (Fsp3) is 0.278. The van der Waals surface area contributed by atoms with Gasteiger partial charge in [0.1, 0.15) is 17.2 Å². The van der Waals surface area contributed by atoms with Crippen LogP contribution >= 0.6 is 0 Å². The number of rotatable bonds is 4. The van der Waals surface area contributed by atoms with Crippen LogP contribution < -0.4 is 14.8 Å². The maximum absolute atomic E-state index is 12.3. The van der Waals surface area contributed by atoms with Gasteiger partial charge in [0.15, 0.2) is 5.60 Å². The van der Waals surface area contributed by atoms with Gasteiger partial charge in [0.25, 0.3) is 5.91 Å². The van der Waals surface area contributed by atoms with Gasteiger partial charge < -0.3 is 19.6 Å². The highest BCUT2D eigenvalue weighted by Crippen LogP contribution is 2.36. The lowest BCUT2D eigenvalue weighted by Gasteiger charge is -2.21. The van der Waals surface area contributed by atoms with Crippen molar-refractivity contribution in [3.8, 4) is 11.5 Å². The Labute approximate surface area is 158 Å². The van der Waals surface area contributed by atoms with Gasteiger partial charge in [-0.1, -0.05) is 17.3 Å². The Balaban J connectivity index is 1.64. The minimum atomic E-state index is -4.75. The fourth-order valence-corrected chi connectivity index (χ4v) is 2.56. The molecular formula is C18H16F3N3O4. The third kappa shape index (κ3) is 4.51. The van der Waals surface area contributed by atoms with Gasteiger partial charge in [0, 0.05) is 7.05 Å². The molecule has 0 bridgehead atoms. The van der Waals surface area contributed by atoms with Gasteiger partial charge in [-0.15, -0.1) is 13.2 Å². The molecule has 1 N–H and O–H groups in total. The number of nitrogens with zero attached hydrogens (tertiary/aromatic N) is 2. The molecule has 3 rings (SSSR count). The van der Waals surface area contributed by atoms with Crippen molar-refractivity contribution in [3.05, 3.63) is 53.9 Å². The van der Waals surface area contributed by atoms with Crippen LogP contribution in [0, 0.1) is 0 Å². The molecule has 28 heavy (non-hydrogen) atoms. The number of aromatic nitrogens is 1. The van der Waals surface area contributed by atoms with Crippen molar-refractivity contribution in [2.45, 2.75) is 25.3 Å². The van der Waals surface area contributed by atoms with Crippen molar-refractivity contribution in [1.82, 2.24) is 10.3 Å². The molecule has 148 valence electrons. The highest BCUT2D eigenvalue weighted by Gasteiger charge is 2.38. The van der Waals surface area contributed by atoms with Crippen LogP contribution in [0.3, 0.4) is 0 Å². The number of nitrogens with one attached hydrogen (secondary N) is 1. The molecule has 1 aliphatic heterocycles. The van der Waals surface area contributed by atoms with E-state index >= 15 is 0 Å². The number of hydrogen-bond acceptors (Lipinski definition) is 6. The van der Waals surface area contributed by atoms with E-state index in [9.17, 15) is 18.0 Å². The van der Waals surface area contributed by atoms with Crippen LogP contribution in [0.15, 0.2) is 47.8 Å². The van der Waals surface area contributed by atoms with Crippen LogP contribution in [0.25, 0.3) is 0 Å². The average molecular weight is 395 g/mol. The third-order valence-electron chi connectivity index (χ3n) is 3.97. The van der Waals surface area contributed by atoms with E-state index in [4.69, 9.17) is 9.57 Å². The fourth-order valence-electron chi connectivity index (χ4n) is 2.56. The van der Waals surface area contributed by atoms with E-state index in [0.717, 1.165) is 0 Å². The van der Waals surface area contributed by atoms with E-state index in [0.29, 0.717) is 11.3 Å². The second kappa shape index (κ2) is 7.37. The molecule has 2 heterocycles. The summed E-state index contributed by atoms with van der Waals surface area (Å²) in [5, 5.41) is 6.35. The zero-order chi connectivity index (χ0) is 20.4. The molecule has 0 unspecified atom stereocenters. The topological polar surface area (TPSA) is 82.0 Å². The van der Waals surface area contributed by atoms with E-state index in [1.807, 2.05) is 0 Å². The number of carbonyl (C=O) groups is 1. The monoisotopic (exact) mass is 395 g/mol. The second-order valence-corrected chi connectivity index (χ2v) is 6.12. The zero-order valence-corrected chi connectivity index (χ0v) is 14.9. The predicted molar refractivity (Wildman–Crippen MR) is 91.9 cm³/mol. The molecule has 1 atom stereocenters. The number of halogens is 3. The number of pyridine rings is 1. The lowest BCUT2D eigenvalue weighted by Crippen LogP contribution is -2.23. The molecule has 1 aliphatic rings. The van der Waals surface area contributed by atoms with Gasteiger partial charge in [-0.05, 0) is 36.8 Å². The average Bonchev–Trinajstić information content (AvgIpc) is 3.03. The molecule has 10 heteroatoms. The minimum absolute atomic E-state index is 0.241. The molecule has 2 aromatic rings. The van der Waals surface area contributed by atoms with Gasteiger partial charge >= 0.3 is 6.36 Å². The van der Waals surface area contributed by atoms with Crippen LogP contribution in [0.5, 0.6) is 11.5 Å². The molecule has 0 saturated carbocycles. The Bertz CT molecular complexity index is 882. The maximum Gasteiger partial charge on any atom is 0.573 e. The molecule has 0 spiro atoms. The first-order valence-electron chi connectivity index (χ1n) is 8.16. The van der Waals surface area contributed by atoms with Gasteiger partial charge in [-0.25, -0.2) is 4.98 Å². The molecule has 0 aliphatic carbocycles. The van der Waals surface area contributed by atoms with Gasteiger partial charge in [-0.3, -0.25) is 4.79 Å². The molecule has 0 radical (unpaired) electrons. The minimum Gasteiger partial charge on any atom is -0.438 e. The largest absolute Gasteiger partial charge is 0.573 e. The summed E-state index contributed by atoms with van der Waals surface area (Å²) in [6.45, 7) is 1.74. The van der Waals surface area contributed by atoms with Crippen molar-refractivity contribution in [3.63, 3.8) is 0 Å². The summed E-state index contributed by atoms with van der Waals surface area (Å²) in [6.07, 6.45) is -3.11. The number of carbonyl (C=O) groups excluding carboxylic acids is 1. The first-order valence-corrected chi connectivity index (χ1v) is 8.16.